The topological polar surface area (TPSA) is 84.0 Å². The number of fused-ring (bicyclic) bond motifs is 6. The first-order valence-corrected chi connectivity index (χ1v) is 14.8. The number of carbonyl (C=O) groups excluding carboxylic acids is 4. The van der Waals surface area contributed by atoms with Crippen molar-refractivity contribution in [1.82, 2.24) is 0 Å². The van der Waals surface area contributed by atoms with Gasteiger partial charge in [0.1, 0.15) is 11.8 Å². The third kappa shape index (κ3) is 4.19. The van der Waals surface area contributed by atoms with Gasteiger partial charge in [-0.05, 0) is 47.3 Å². The Balaban J connectivity index is 1.15. The Bertz CT molecular complexity index is 2050. The number of carbonyl (C=O) groups is 4. The van der Waals surface area contributed by atoms with Crippen molar-refractivity contribution in [2.24, 2.45) is 11.8 Å². The molecular weight excluding hydrogens is 564 g/mol. The Morgan fingerprint density at radius 2 is 1.27 bits per heavy atom. The van der Waals surface area contributed by atoms with Gasteiger partial charge in [-0.1, -0.05) is 97.1 Å². The second kappa shape index (κ2) is 10.4. The minimum atomic E-state index is -1.05. The number of amides is 2. The number of nitrogens with zero attached hydrogens (tertiary/aromatic N) is 2. The van der Waals surface area contributed by atoms with Crippen molar-refractivity contribution in [1.29, 1.82) is 0 Å². The van der Waals surface area contributed by atoms with Crippen molar-refractivity contribution in [3.63, 3.8) is 0 Å². The third-order valence-electron chi connectivity index (χ3n) is 9.03. The van der Waals surface area contributed by atoms with E-state index in [2.05, 4.69) is 0 Å². The summed E-state index contributed by atoms with van der Waals surface area (Å²) in [7, 11) is 0. The van der Waals surface area contributed by atoms with E-state index in [1.807, 2.05) is 83.8 Å². The van der Waals surface area contributed by atoms with Crippen molar-refractivity contribution in [3.8, 4) is 5.75 Å². The zero-order chi connectivity index (χ0) is 30.7. The molecule has 45 heavy (non-hydrogen) atoms. The van der Waals surface area contributed by atoms with Gasteiger partial charge in [-0.3, -0.25) is 14.4 Å². The molecule has 2 fully saturated rings. The molecule has 4 atom stereocenters. The number of anilines is 2. The summed E-state index contributed by atoms with van der Waals surface area (Å²) in [6, 6.07) is 34.5. The highest BCUT2D eigenvalue weighted by Crippen LogP contribution is 2.50. The first-order chi connectivity index (χ1) is 22.0. The van der Waals surface area contributed by atoms with Crippen molar-refractivity contribution < 1.29 is 23.9 Å². The number of para-hydroxylation sites is 1. The lowest BCUT2D eigenvalue weighted by Crippen LogP contribution is -2.50. The van der Waals surface area contributed by atoms with E-state index in [0.29, 0.717) is 16.8 Å². The molecule has 0 bridgehead atoms. The predicted octanol–water partition coefficient (Wildman–Crippen LogP) is 6.07. The van der Waals surface area contributed by atoms with Crippen LogP contribution in [0.15, 0.2) is 127 Å². The van der Waals surface area contributed by atoms with Crippen molar-refractivity contribution in [3.05, 3.63) is 144 Å². The van der Waals surface area contributed by atoms with Crippen LogP contribution in [-0.2, 0) is 14.4 Å². The van der Waals surface area contributed by atoms with Crippen LogP contribution in [0, 0.1) is 11.8 Å². The van der Waals surface area contributed by atoms with Crippen molar-refractivity contribution in [2.75, 3.05) is 9.80 Å². The van der Waals surface area contributed by atoms with Gasteiger partial charge in [0.05, 0.1) is 23.6 Å². The summed E-state index contributed by atoms with van der Waals surface area (Å²) < 4.78 is 5.91. The highest BCUT2D eigenvalue weighted by Gasteiger charge is 2.65. The zero-order valence-electron chi connectivity index (χ0n) is 23.9. The van der Waals surface area contributed by atoms with E-state index in [1.165, 1.54) is 4.90 Å². The predicted molar refractivity (Wildman–Crippen MR) is 171 cm³/mol. The quantitative estimate of drug-likeness (QED) is 0.107. The monoisotopic (exact) mass is 590 g/mol. The number of esters is 1. The van der Waals surface area contributed by atoms with Crippen LogP contribution >= 0.6 is 0 Å². The molecule has 218 valence electrons. The second-order valence-corrected chi connectivity index (χ2v) is 11.5. The maximum Gasteiger partial charge on any atom is 0.335 e. The van der Waals surface area contributed by atoms with Crippen molar-refractivity contribution in [2.45, 2.75) is 12.1 Å². The average molecular weight is 591 g/mol. The fourth-order valence-corrected chi connectivity index (χ4v) is 7.03. The standard InChI is InChI=1S/C38H26N2O5/c41-35(25-11-2-1-3-12-25)26-17-20-27(21-18-26)45-38(44)34-33-32(31-22-19-24-10-5-7-15-29(24)39(31)34)36(42)40(37(33)43)30-16-8-13-23-9-4-6-14-28(23)30/h1-22,31-34H/t31-,32+,33-,34+/m1/s1. The third-order valence-corrected chi connectivity index (χ3v) is 9.03. The SMILES string of the molecule is O=C(c1ccccc1)c1ccc(OC(=O)[C@@H]2[C@@H]3C(=O)N(c4cccc5ccccc45)C(=O)[C@H]3[C@H]3C=Cc4ccccc4N32)cc1. The number of rotatable bonds is 5. The largest absolute Gasteiger partial charge is 0.425 e. The molecule has 3 heterocycles. The summed E-state index contributed by atoms with van der Waals surface area (Å²) >= 11 is 0. The Labute approximate surface area is 259 Å². The van der Waals surface area contributed by atoms with E-state index in [0.717, 1.165) is 22.0 Å². The molecule has 3 aliphatic heterocycles. The molecule has 0 aromatic heterocycles. The van der Waals surface area contributed by atoms with Gasteiger partial charge in [0, 0.05) is 22.2 Å². The van der Waals surface area contributed by atoms with Gasteiger partial charge in [-0.2, -0.15) is 0 Å². The van der Waals surface area contributed by atoms with E-state index < -0.39 is 35.8 Å². The summed E-state index contributed by atoms with van der Waals surface area (Å²) in [4.78, 5) is 58.7. The molecule has 8 rings (SSSR count). The molecule has 7 nitrogen and oxygen atoms in total. The Morgan fingerprint density at radius 3 is 2.09 bits per heavy atom. The van der Waals surface area contributed by atoms with Gasteiger partial charge >= 0.3 is 5.97 Å². The summed E-state index contributed by atoms with van der Waals surface area (Å²) in [6.07, 6.45) is 3.86. The van der Waals surface area contributed by atoms with Crippen LogP contribution in [0.4, 0.5) is 11.4 Å². The molecule has 7 heteroatoms. The highest BCUT2D eigenvalue weighted by molar-refractivity contribution is 6.27. The second-order valence-electron chi connectivity index (χ2n) is 11.5. The summed E-state index contributed by atoms with van der Waals surface area (Å²) in [5, 5.41) is 1.69. The smallest absolute Gasteiger partial charge is 0.335 e. The lowest BCUT2D eigenvalue weighted by Gasteiger charge is -2.36. The fraction of sp³-hybridized carbons (Fsp3) is 0.105. The molecule has 0 spiro atoms. The van der Waals surface area contributed by atoms with Gasteiger partial charge in [0.15, 0.2) is 5.78 Å². The lowest BCUT2D eigenvalue weighted by molar-refractivity contribution is -0.139. The molecule has 0 aliphatic carbocycles. The van der Waals surface area contributed by atoms with E-state index in [-0.39, 0.29) is 17.4 Å². The molecule has 0 unspecified atom stereocenters. The van der Waals surface area contributed by atoms with Gasteiger partial charge in [0.2, 0.25) is 11.8 Å². The maximum atomic E-state index is 14.3. The number of benzene rings is 5. The Kier molecular flexibility index (Phi) is 6.20. The number of imide groups is 1. The molecule has 2 amide bonds. The van der Waals surface area contributed by atoms with E-state index in [9.17, 15) is 19.2 Å². The van der Waals surface area contributed by atoms with Crippen molar-refractivity contribution >= 4 is 51.8 Å². The fourth-order valence-electron chi connectivity index (χ4n) is 7.03. The van der Waals surface area contributed by atoms with Gasteiger partial charge in [-0.25, -0.2) is 9.69 Å². The molecule has 0 radical (unpaired) electrons. The number of hydrogen-bond acceptors (Lipinski definition) is 6. The highest BCUT2D eigenvalue weighted by atomic mass is 16.5. The molecule has 3 aliphatic rings. The Hall–Kier alpha value is -5.82. The van der Waals surface area contributed by atoms with E-state index in [1.54, 1.807) is 54.6 Å². The van der Waals surface area contributed by atoms with Gasteiger partial charge in [0.25, 0.3) is 0 Å². The van der Waals surface area contributed by atoms with Crippen LogP contribution in [0.2, 0.25) is 0 Å². The van der Waals surface area contributed by atoms with E-state index in [4.69, 9.17) is 4.74 Å². The van der Waals surface area contributed by atoms with Crippen LogP contribution in [0.5, 0.6) is 5.75 Å². The first-order valence-electron chi connectivity index (χ1n) is 14.8. The molecule has 0 N–H and O–H groups in total. The van der Waals surface area contributed by atoms with E-state index >= 15 is 0 Å². The first kappa shape index (κ1) is 26.8. The summed E-state index contributed by atoms with van der Waals surface area (Å²) in [6.45, 7) is 0. The number of hydrogen-bond donors (Lipinski definition) is 0. The number of ether oxygens (including phenoxy) is 1. The van der Waals surface area contributed by atoms with Crippen LogP contribution in [0.3, 0.4) is 0 Å². The lowest BCUT2D eigenvalue weighted by atomic mass is 9.89. The zero-order valence-corrected chi connectivity index (χ0v) is 23.9. The minimum Gasteiger partial charge on any atom is -0.425 e. The summed E-state index contributed by atoms with van der Waals surface area (Å²) in [5.41, 5.74) is 3.18. The molecule has 0 saturated carbocycles. The summed E-state index contributed by atoms with van der Waals surface area (Å²) in [5.74, 6) is -3.02. The maximum absolute atomic E-state index is 14.3. The Morgan fingerprint density at radius 1 is 0.622 bits per heavy atom. The van der Waals surface area contributed by atoms with Crippen LogP contribution < -0.4 is 14.5 Å². The van der Waals surface area contributed by atoms with Gasteiger partial charge < -0.3 is 9.64 Å². The van der Waals surface area contributed by atoms with Crippen LogP contribution in [-0.4, -0.2) is 35.7 Å². The van der Waals surface area contributed by atoms with Gasteiger partial charge in [-0.15, -0.1) is 0 Å². The van der Waals surface area contributed by atoms with Crippen LogP contribution in [0.1, 0.15) is 21.5 Å². The van der Waals surface area contributed by atoms with Crippen LogP contribution in [0.25, 0.3) is 16.8 Å². The molecule has 2 saturated heterocycles. The minimum absolute atomic E-state index is 0.143. The molecule has 5 aromatic carbocycles. The molecular formula is C38H26N2O5. The average Bonchev–Trinajstić information content (AvgIpc) is 3.57. The normalized spacial score (nSPS) is 21.4. The molecule has 5 aromatic rings. The number of ketones is 1.